The van der Waals surface area contributed by atoms with Gasteiger partial charge in [0.1, 0.15) is 0 Å². The molecule has 3 aromatic rings. The van der Waals surface area contributed by atoms with Crippen molar-refractivity contribution in [1.82, 2.24) is 9.88 Å². The number of nitrogens with two attached hydrogens (primary N) is 1. The molecule has 0 unspecified atom stereocenters. The number of hydrogen-bond acceptors (Lipinski definition) is 5. The van der Waals surface area contributed by atoms with Crippen LogP contribution in [0, 0.1) is 0 Å². The summed E-state index contributed by atoms with van der Waals surface area (Å²) in [5, 5.41) is 2.76. The van der Waals surface area contributed by atoms with Gasteiger partial charge in [0.25, 0.3) is 0 Å². The van der Waals surface area contributed by atoms with Crippen molar-refractivity contribution in [2.45, 2.75) is 12.8 Å². The summed E-state index contributed by atoms with van der Waals surface area (Å²) in [6.45, 7) is 3.19. The molecule has 2 N–H and O–H groups in total. The van der Waals surface area contributed by atoms with E-state index in [9.17, 15) is 0 Å². The third-order valence-corrected chi connectivity index (χ3v) is 6.38. The Morgan fingerprint density at radius 3 is 2.72 bits per heavy atom. The molecular weight excluding hydrogens is 346 g/mol. The minimum absolute atomic E-state index is 0.670. The normalized spacial score (nSPS) is 15.3. The molecule has 0 fully saturated rings. The van der Waals surface area contributed by atoms with Crippen LogP contribution in [-0.4, -0.2) is 29.5 Å². The van der Waals surface area contributed by atoms with E-state index in [-0.39, 0.29) is 0 Å². The molecule has 0 bridgehead atoms. The number of aromatic nitrogens is 1. The van der Waals surface area contributed by atoms with E-state index in [1.807, 2.05) is 0 Å². The SMILES string of the molecule is Nc1nc(-c2cccs2)c(CCN2CC=C(c3ccccc3)CC2)s1. The Morgan fingerprint density at radius 2 is 2.00 bits per heavy atom. The van der Waals surface area contributed by atoms with Crippen molar-refractivity contribution in [3.8, 4) is 10.6 Å². The number of rotatable bonds is 5. The fourth-order valence-corrected chi connectivity index (χ4v) is 4.87. The van der Waals surface area contributed by atoms with Crippen LogP contribution in [0.25, 0.3) is 16.1 Å². The first-order chi connectivity index (χ1) is 12.3. The molecule has 4 rings (SSSR count). The molecule has 2 aromatic heterocycles. The van der Waals surface area contributed by atoms with E-state index in [0.29, 0.717) is 5.13 Å². The van der Waals surface area contributed by atoms with Crippen LogP contribution in [0.3, 0.4) is 0 Å². The highest BCUT2D eigenvalue weighted by Crippen LogP contribution is 2.33. The lowest BCUT2D eigenvalue weighted by Gasteiger charge is -2.26. The largest absolute Gasteiger partial charge is 0.375 e. The first kappa shape index (κ1) is 16.5. The number of hydrogen-bond donors (Lipinski definition) is 1. The lowest BCUT2D eigenvalue weighted by Crippen LogP contribution is -2.30. The third kappa shape index (κ3) is 3.84. The molecule has 0 spiro atoms. The second kappa shape index (κ2) is 7.52. The average Bonchev–Trinajstić information content (AvgIpc) is 3.30. The predicted molar refractivity (Wildman–Crippen MR) is 109 cm³/mol. The highest BCUT2D eigenvalue weighted by atomic mass is 32.1. The Hall–Kier alpha value is -1.95. The standard InChI is InChI=1S/C20H21N3S2/c21-20-22-19(17-7-4-14-24-17)18(25-20)10-13-23-11-8-16(9-12-23)15-5-2-1-3-6-15/h1-8,14H,9-13H2,(H2,21,22). The van der Waals surface area contributed by atoms with E-state index in [2.05, 4.69) is 63.8 Å². The van der Waals surface area contributed by atoms with Crippen molar-refractivity contribution in [2.75, 3.05) is 25.4 Å². The highest BCUT2D eigenvalue weighted by Gasteiger charge is 2.16. The summed E-state index contributed by atoms with van der Waals surface area (Å²) in [7, 11) is 0. The molecule has 0 saturated carbocycles. The number of nitrogen functional groups attached to an aromatic ring is 1. The molecular formula is C20H21N3S2. The summed E-state index contributed by atoms with van der Waals surface area (Å²) in [6, 6.07) is 14.9. The van der Waals surface area contributed by atoms with Gasteiger partial charge in [0, 0.05) is 24.5 Å². The molecule has 128 valence electrons. The number of thiophene rings is 1. The number of nitrogens with zero attached hydrogens (tertiary/aromatic N) is 2. The Balaban J connectivity index is 1.40. The summed E-state index contributed by atoms with van der Waals surface area (Å²) >= 11 is 3.36. The maximum Gasteiger partial charge on any atom is 0.180 e. The summed E-state index contributed by atoms with van der Waals surface area (Å²) in [5.74, 6) is 0. The van der Waals surface area contributed by atoms with Gasteiger partial charge in [0.15, 0.2) is 5.13 Å². The smallest absolute Gasteiger partial charge is 0.180 e. The van der Waals surface area contributed by atoms with Crippen LogP contribution in [0.4, 0.5) is 5.13 Å². The summed E-state index contributed by atoms with van der Waals surface area (Å²) < 4.78 is 0. The molecule has 3 heterocycles. The van der Waals surface area contributed by atoms with Crippen molar-refractivity contribution < 1.29 is 0 Å². The van der Waals surface area contributed by atoms with E-state index in [4.69, 9.17) is 5.73 Å². The molecule has 0 saturated heterocycles. The molecule has 0 radical (unpaired) electrons. The van der Waals surface area contributed by atoms with Gasteiger partial charge >= 0.3 is 0 Å². The molecule has 3 nitrogen and oxygen atoms in total. The monoisotopic (exact) mass is 367 g/mol. The van der Waals surface area contributed by atoms with Gasteiger partial charge in [-0.05, 0) is 35.4 Å². The van der Waals surface area contributed by atoms with Crippen LogP contribution in [0.1, 0.15) is 16.9 Å². The predicted octanol–water partition coefficient (Wildman–Crippen LogP) is 4.79. The van der Waals surface area contributed by atoms with E-state index in [1.165, 1.54) is 20.9 Å². The van der Waals surface area contributed by atoms with Gasteiger partial charge in [-0.15, -0.1) is 22.7 Å². The lowest BCUT2D eigenvalue weighted by atomic mass is 9.99. The molecule has 0 atom stereocenters. The molecule has 5 heteroatoms. The highest BCUT2D eigenvalue weighted by molar-refractivity contribution is 7.17. The zero-order valence-electron chi connectivity index (χ0n) is 14.0. The molecule has 1 aromatic carbocycles. The van der Waals surface area contributed by atoms with E-state index >= 15 is 0 Å². The van der Waals surface area contributed by atoms with Gasteiger partial charge in [-0.3, -0.25) is 4.90 Å². The second-order valence-electron chi connectivity index (χ2n) is 6.20. The van der Waals surface area contributed by atoms with Crippen LogP contribution >= 0.6 is 22.7 Å². The lowest BCUT2D eigenvalue weighted by molar-refractivity contribution is 0.306. The minimum Gasteiger partial charge on any atom is -0.375 e. The van der Waals surface area contributed by atoms with E-state index in [0.717, 1.165) is 38.2 Å². The van der Waals surface area contributed by atoms with Gasteiger partial charge in [-0.1, -0.05) is 42.5 Å². The first-order valence-corrected chi connectivity index (χ1v) is 10.2. The molecule has 25 heavy (non-hydrogen) atoms. The van der Waals surface area contributed by atoms with Gasteiger partial charge in [0.2, 0.25) is 0 Å². The fourth-order valence-electron chi connectivity index (χ4n) is 3.23. The van der Waals surface area contributed by atoms with Gasteiger partial charge in [0.05, 0.1) is 10.6 Å². The van der Waals surface area contributed by atoms with E-state index in [1.54, 1.807) is 22.7 Å². The van der Waals surface area contributed by atoms with Crippen LogP contribution in [-0.2, 0) is 6.42 Å². The van der Waals surface area contributed by atoms with Crippen molar-refractivity contribution in [1.29, 1.82) is 0 Å². The van der Waals surface area contributed by atoms with Crippen LogP contribution in [0.15, 0.2) is 53.9 Å². The Labute approximate surface area is 156 Å². The molecule has 0 aliphatic carbocycles. The molecule has 1 aliphatic rings. The first-order valence-electron chi connectivity index (χ1n) is 8.55. The van der Waals surface area contributed by atoms with Crippen LogP contribution in [0.5, 0.6) is 0 Å². The Morgan fingerprint density at radius 1 is 1.12 bits per heavy atom. The van der Waals surface area contributed by atoms with Crippen molar-refractivity contribution in [3.63, 3.8) is 0 Å². The number of thiazole rings is 1. The zero-order chi connectivity index (χ0) is 17.1. The average molecular weight is 368 g/mol. The van der Waals surface area contributed by atoms with Gasteiger partial charge in [-0.25, -0.2) is 4.98 Å². The Kier molecular flexibility index (Phi) is 4.97. The van der Waals surface area contributed by atoms with Crippen molar-refractivity contribution in [2.24, 2.45) is 0 Å². The number of benzene rings is 1. The summed E-state index contributed by atoms with van der Waals surface area (Å²) in [6.07, 6.45) is 4.50. The molecule has 1 aliphatic heterocycles. The topological polar surface area (TPSA) is 42.1 Å². The minimum atomic E-state index is 0.670. The maximum atomic E-state index is 5.97. The molecule has 0 amide bonds. The Bertz CT molecular complexity index is 850. The van der Waals surface area contributed by atoms with Crippen molar-refractivity contribution >= 4 is 33.4 Å². The van der Waals surface area contributed by atoms with Crippen LogP contribution < -0.4 is 5.73 Å². The third-order valence-electron chi connectivity index (χ3n) is 4.56. The van der Waals surface area contributed by atoms with Crippen LogP contribution in [0.2, 0.25) is 0 Å². The number of anilines is 1. The van der Waals surface area contributed by atoms with Gasteiger partial charge < -0.3 is 5.73 Å². The van der Waals surface area contributed by atoms with E-state index < -0.39 is 0 Å². The maximum absolute atomic E-state index is 5.97. The second-order valence-corrected chi connectivity index (χ2v) is 8.26. The van der Waals surface area contributed by atoms with Crippen molar-refractivity contribution in [3.05, 3.63) is 64.4 Å². The fraction of sp³-hybridized carbons (Fsp3) is 0.250. The summed E-state index contributed by atoms with van der Waals surface area (Å²) in [4.78, 5) is 9.58. The van der Waals surface area contributed by atoms with Gasteiger partial charge in [-0.2, -0.15) is 0 Å². The quantitative estimate of drug-likeness (QED) is 0.705. The zero-order valence-corrected chi connectivity index (χ0v) is 15.7. The summed E-state index contributed by atoms with van der Waals surface area (Å²) in [5.41, 5.74) is 9.87.